The largest absolute Gasteiger partial charge is 0.339 e. The van der Waals surface area contributed by atoms with Crippen molar-refractivity contribution in [2.24, 2.45) is 11.7 Å². The van der Waals surface area contributed by atoms with Crippen LogP contribution in [0.25, 0.3) is 0 Å². The molecule has 20 heavy (non-hydrogen) atoms. The standard InChI is InChI=1S/C16H21ClN2O/c1-11-7-12(9-18)10-19(11)15(20)16(5-6-16)13-3-2-4-14(17)8-13/h2-4,8,11-12H,5-7,9-10,18H2,1H3. The zero-order chi connectivity index (χ0) is 14.3. The van der Waals surface area contributed by atoms with Crippen molar-refractivity contribution in [3.05, 3.63) is 34.9 Å². The maximum absolute atomic E-state index is 13.0. The van der Waals surface area contributed by atoms with E-state index >= 15 is 0 Å². The fraction of sp³-hybridized carbons (Fsp3) is 0.562. The molecule has 2 unspecified atom stereocenters. The Labute approximate surface area is 125 Å². The Morgan fingerprint density at radius 3 is 2.80 bits per heavy atom. The van der Waals surface area contributed by atoms with Crippen molar-refractivity contribution in [2.75, 3.05) is 13.1 Å². The van der Waals surface area contributed by atoms with Crippen molar-refractivity contribution in [1.29, 1.82) is 0 Å². The van der Waals surface area contributed by atoms with Crippen LogP contribution in [0.2, 0.25) is 5.02 Å². The molecule has 1 amide bonds. The van der Waals surface area contributed by atoms with Crippen LogP contribution in [0.1, 0.15) is 31.7 Å². The number of benzene rings is 1. The molecule has 1 aromatic rings. The Morgan fingerprint density at radius 1 is 1.50 bits per heavy atom. The van der Waals surface area contributed by atoms with E-state index in [0.717, 1.165) is 31.4 Å². The van der Waals surface area contributed by atoms with Crippen LogP contribution in [0.15, 0.2) is 24.3 Å². The average Bonchev–Trinajstić information content (AvgIpc) is 3.16. The molecular weight excluding hydrogens is 272 g/mol. The van der Waals surface area contributed by atoms with Gasteiger partial charge in [-0.2, -0.15) is 0 Å². The van der Waals surface area contributed by atoms with E-state index in [-0.39, 0.29) is 11.3 Å². The summed E-state index contributed by atoms with van der Waals surface area (Å²) in [6.07, 6.45) is 2.89. The molecule has 1 aromatic carbocycles. The first-order chi connectivity index (χ1) is 9.56. The van der Waals surface area contributed by atoms with Crippen LogP contribution in [0.3, 0.4) is 0 Å². The van der Waals surface area contributed by atoms with E-state index in [1.807, 2.05) is 29.2 Å². The predicted octanol–water partition coefficient (Wildman–Crippen LogP) is 2.57. The first-order valence-corrected chi connectivity index (χ1v) is 7.72. The van der Waals surface area contributed by atoms with Gasteiger partial charge in [0.25, 0.3) is 0 Å². The number of rotatable bonds is 3. The van der Waals surface area contributed by atoms with Crippen LogP contribution in [0, 0.1) is 5.92 Å². The molecule has 0 spiro atoms. The molecule has 0 radical (unpaired) electrons. The van der Waals surface area contributed by atoms with Crippen molar-refractivity contribution in [2.45, 2.75) is 37.6 Å². The van der Waals surface area contributed by atoms with Crippen molar-refractivity contribution in [3.63, 3.8) is 0 Å². The molecule has 1 aliphatic carbocycles. The summed E-state index contributed by atoms with van der Waals surface area (Å²) in [4.78, 5) is 15.0. The van der Waals surface area contributed by atoms with Crippen LogP contribution in [0.5, 0.6) is 0 Å². The minimum Gasteiger partial charge on any atom is -0.339 e. The topological polar surface area (TPSA) is 46.3 Å². The highest BCUT2D eigenvalue weighted by molar-refractivity contribution is 6.30. The number of nitrogens with two attached hydrogens (primary N) is 1. The number of amides is 1. The molecular formula is C16H21ClN2O. The summed E-state index contributed by atoms with van der Waals surface area (Å²) in [6, 6.07) is 8.05. The second-order valence-electron chi connectivity index (χ2n) is 6.24. The minimum atomic E-state index is -0.317. The summed E-state index contributed by atoms with van der Waals surface area (Å²) >= 11 is 6.08. The van der Waals surface area contributed by atoms with Gasteiger partial charge < -0.3 is 10.6 Å². The lowest BCUT2D eigenvalue weighted by Gasteiger charge is -2.27. The minimum absolute atomic E-state index is 0.267. The Kier molecular flexibility index (Phi) is 3.51. The quantitative estimate of drug-likeness (QED) is 0.931. The van der Waals surface area contributed by atoms with Gasteiger partial charge in [0.15, 0.2) is 0 Å². The molecule has 4 heteroatoms. The molecule has 3 rings (SSSR count). The summed E-state index contributed by atoms with van der Waals surface area (Å²) in [6.45, 7) is 3.60. The summed E-state index contributed by atoms with van der Waals surface area (Å²) < 4.78 is 0. The number of hydrogen-bond donors (Lipinski definition) is 1. The maximum Gasteiger partial charge on any atom is 0.233 e. The van der Waals surface area contributed by atoms with Gasteiger partial charge in [0.05, 0.1) is 5.41 Å². The fourth-order valence-electron chi connectivity index (χ4n) is 3.41. The maximum atomic E-state index is 13.0. The molecule has 1 heterocycles. The van der Waals surface area contributed by atoms with Gasteiger partial charge >= 0.3 is 0 Å². The molecule has 3 nitrogen and oxygen atoms in total. The molecule has 0 bridgehead atoms. The third-order valence-corrected chi connectivity index (χ3v) is 5.03. The van der Waals surface area contributed by atoms with Gasteiger partial charge in [0, 0.05) is 17.6 Å². The van der Waals surface area contributed by atoms with Crippen LogP contribution in [-0.4, -0.2) is 29.9 Å². The predicted molar refractivity (Wildman–Crippen MR) is 80.7 cm³/mol. The van der Waals surface area contributed by atoms with Crippen LogP contribution in [0.4, 0.5) is 0 Å². The Bertz CT molecular complexity index is 527. The van der Waals surface area contributed by atoms with Gasteiger partial charge in [-0.1, -0.05) is 23.7 Å². The molecule has 1 saturated heterocycles. The smallest absolute Gasteiger partial charge is 0.233 e. The molecule has 2 fully saturated rings. The van der Waals surface area contributed by atoms with E-state index in [4.69, 9.17) is 17.3 Å². The van der Waals surface area contributed by atoms with Crippen LogP contribution in [-0.2, 0) is 10.2 Å². The highest BCUT2D eigenvalue weighted by atomic mass is 35.5. The molecule has 2 atom stereocenters. The number of carbonyl (C=O) groups excluding carboxylic acids is 1. The first kappa shape index (κ1) is 13.9. The summed E-state index contributed by atoms with van der Waals surface area (Å²) in [5, 5.41) is 0.705. The lowest BCUT2D eigenvalue weighted by Crippen LogP contribution is -2.41. The van der Waals surface area contributed by atoms with Crippen LogP contribution < -0.4 is 5.73 Å². The highest BCUT2D eigenvalue weighted by Crippen LogP contribution is 2.51. The lowest BCUT2D eigenvalue weighted by atomic mass is 9.94. The summed E-state index contributed by atoms with van der Waals surface area (Å²) in [5.41, 5.74) is 6.51. The Hall–Kier alpha value is -1.06. The summed E-state index contributed by atoms with van der Waals surface area (Å²) in [5.74, 6) is 0.715. The number of carbonyl (C=O) groups is 1. The highest BCUT2D eigenvalue weighted by Gasteiger charge is 2.54. The van der Waals surface area contributed by atoms with E-state index in [2.05, 4.69) is 6.92 Å². The van der Waals surface area contributed by atoms with Crippen LogP contribution >= 0.6 is 11.6 Å². The molecule has 2 N–H and O–H groups in total. The second-order valence-corrected chi connectivity index (χ2v) is 6.67. The average molecular weight is 293 g/mol. The summed E-state index contributed by atoms with van der Waals surface area (Å²) in [7, 11) is 0. The first-order valence-electron chi connectivity index (χ1n) is 7.34. The van der Waals surface area contributed by atoms with E-state index < -0.39 is 0 Å². The van der Waals surface area contributed by atoms with Crippen molar-refractivity contribution in [3.8, 4) is 0 Å². The fourth-order valence-corrected chi connectivity index (χ4v) is 3.60. The van der Waals surface area contributed by atoms with Gasteiger partial charge in [0.1, 0.15) is 0 Å². The SMILES string of the molecule is CC1CC(CN)CN1C(=O)C1(c2cccc(Cl)c2)CC1. The normalized spacial score (nSPS) is 27.6. The number of likely N-dealkylation sites (tertiary alicyclic amines) is 1. The van der Waals surface area contributed by atoms with E-state index in [1.54, 1.807) is 0 Å². The molecule has 108 valence electrons. The van der Waals surface area contributed by atoms with Gasteiger partial charge in [-0.05, 0) is 56.3 Å². The third kappa shape index (κ3) is 2.23. The molecule has 1 aliphatic heterocycles. The van der Waals surface area contributed by atoms with E-state index in [9.17, 15) is 4.79 Å². The molecule has 0 aromatic heterocycles. The lowest BCUT2D eigenvalue weighted by molar-refractivity contribution is -0.134. The number of halogens is 1. The Morgan fingerprint density at radius 2 is 2.25 bits per heavy atom. The molecule has 2 aliphatic rings. The molecule has 1 saturated carbocycles. The van der Waals surface area contributed by atoms with Gasteiger partial charge in [-0.3, -0.25) is 4.79 Å². The van der Waals surface area contributed by atoms with Gasteiger partial charge in [-0.25, -0.2) is 0 Å². The number of nitrogens with zero attached hydrogens (tertiary/aromatic N) is 1. The van der Waals surface area contributed by atoms with Crippen molar-refractivity contribution < 1.29 is 4.79 Å². The van der Waals surface area contributed by atoms with E-state index in [1.165, 1.54) is 0 Å². The third-order valence-electron chi connectivity index (χ3n) is 4.79. The second kappa shape index (κ2) is 5.05. The van der Waals surface area contributed by atoms with Crippen molar-refractivity contribution >= 4 is 17.5 Å². The zero-order valence-corrected chi connectivity index (χ0v) is 12.6. The zero-order valence-electron chi connectivity index (χ0n) is 11.8. The van der Waals surface area contributed by atoms with Gasteiger partial charge in [0.2, 0.25) is 5.91 Å². The van der Waals surface area contributed by atoms with E-state index in [0.29, 0.717) is 23.5 Å². The monoisotopic (exact) mass is 292 g/mol. The number of hydrogen-bond acceptors (Lipinski definition) is 2. The Balaban J connectivity index is 1.84. The van der Waals surface area contributed by atoms with Gasteiger partial charge in [-0.15, -0.1) is 0 Å². The van der Waals surface area contributed by atoms with Crippen molar-refractivity contribution in [1.82, 2.24) is 4.90 Å².